The first-order chi connectivity index (χ1) is 15.5. The van der Waals surface area contributed by atoms with E-state index in [0.717, 1.165) is 41.7 Å². The van der Waals surface area contributed by atoms with E-state index in [9.17, 15) is 8.42 Å². The third kappa shape index (κ3) is 5.69. The molecule has 168 valence electrons. The second-order valence-corrected chi connectivity index (χ2v) is 10.6. The number of hydrogen-bond acceptors (Lipinski definition) is 6. The fraction of sp³-hybridized carbons (Fsp3) is 0.292. The number of ether oxygens (including phenoxy) is 1. The van der Waals surface area contributed by atoms with Gasteiger partial charge in [-0.05, 0) is 35.4 Å². The Hall–Kier alpha value is -2.39. The van der Waals surface area contributed by atoms with Crippen LogP contribution < -0.4 is 4.74 Å². The average Bonchev–Trinajstić information content (AvgIpc) is 2.84. The third-order valence-electron chi connectivity index (χ3n) is 5.45. The highest BCUT2D eigenvalue weighted by molar-refractivity contribution is 7.98. The Labute approximate surface area is 194 Å². The molecule has 1 saturated heterocycles. The highest BCUT2D eigenvalue weighted by Gasteiger charge is 2.28. The zero-order valence-corrected chi connectivity index (χ0v) is 19.7. The SMILES string of the molecule is COc1cccc(CSc2ccc(S(=O)(=O)N3CCN(Cc4ccccc4)CC3)cn2)c1. The number of sulfonamides is 1. The van der Waals surface area contributed by atoms with Gasteiger partial charge in [-0.15, -0.1) is 11.8 Å². The molecule has 4 rings (SSSR count). The smallest absolute Gasteiger partial charge is 0.244 e. The molecule has 2 heterocycles. The third-order valence-corrected chi connectivity index (χ3v) is 8.35. The Balaban J connectivity index is 1.33. The van der Waals surface area contributed by atoms with Crippen LogP contribution in [0.3, 0.4) is 0 Å². The van der Waals surface area contributed by atoms with Crippen LogP contribution in [0.25, 0.3) is 0 Å². The van der Waals surface area contributed by atoms with Gasteiger partial charge < -0.3 is 4.74 Å². The van der Waals surface area contributed by atoms with Crippen LogP contribution in [0.1, 0.15) is 11.1 Å². The van der Waals surface area contributed by atoms with Gasteiger partial charge in [0.05, 0.1) is 12.1 Å². The largest absolute Gasteiger partial charge is 0.497 e. The van der Waals surface area contributed by atoms with Gasteiger partial charge in [0.15, 0.2) is 0 Å². The molecule has 0 radical (unpaired) electrons. The number of nitrogens with zero attached hydrogens (tertiary/aromatic N) is 3. The number of aromatic nitrogens is 1. The number of pyridine rings is 1. The van der Waals surface area contributed by atoms with Gasteiger partial charge in [0.25, 0.3) is 0 Å². The van der Waals surface area contributed by atoms with E-state index in [2.05, 4.69) is 22.0 Å². The van der Waals surface area contributed by atoms with Crippen molar-refractivity contribution in [3.8, 4) is 5.75 Å². The highest BCUT2D eigenvalue weighted by atomic mass is 32.2. The van der Waals surface area contributed by atoms with Crippen LogP contribution in [0.4, 0.5) is 0 Å². The summed E-state index contributed by atoms with van der Waals surface area (Å²) in [5.41, 5.74) is 2.37. The Morgan fingerprint density at radius 1 is 0.938 bits per heavy atom. The van der Waals surface area contributed by atoms with Crippen molar-refractivity contribution in [3.05, 3.63) is 84.1 Å². The van der Waals surface area contributed by atoms with Crippen LogP contribution in [-0.4, -0.2) is 55.9 Å². The van der Waals surface area contributed by atoms with Gasteiger partial charge in [0, 0.05) is 44.7 Å². The highest BCUT2D eigenvalue weighted by Crippen LogP contribution is 2.25. The van der Waals surface area contributed by atoms with E-state index in [1.165, 1.54) is 11.8 Å². The van der Waals surface area contributed by atoms with Gasteiger partial charge >= 0.3 is 0 Å². The molecule has 3 aromatic rings. The molecule has 0 spiro atoms. The molecule has 32 heavy (non-hydrogen) atoms. The first kappa shape index (κ1) is 22.8. The van der Waals surface area contributed by atoms with Gasteiger partial charge in [-0.1, -0.05) is 42.5 Å². The minimum Gasteiger partial charge on any atom is -0.497 e. The first-order valence-electron chi connectivity index (χ1n) is 10.5. The van der Waals surface area contributed by atoms with Crippen LogP contribution in [0.5, 0.6) is 5.75 Å². The van der Waals surface area contributed by atoms with E-state index in [1.807, 2.05) is 42.5 Å². The monoisotopic (exact) mass is 469 g/mol. The second kappa shape index (κ2) is 10.5. The van der Waals surface area contributed by atoms with Gasteiger partial charge in [-0.3, -0.25) is 4.90 Å². The summed E-state index contributed by atoms with van der Waals surface area (Å²) in [5, 5.41) is 0.791. The van der Waals surface area contributed by atoms with Gasteiger partial charge in [-0.25, -0.2) is 13.4 Å². The molecule has 1 aliphatic heterocycles. The summed E-state index contributed by atoms with van der Waals surface area (Å²) in [6, 6.07) is 21.6. The molecule has 0 amide bonds. The molecule has 0 unspecified atom stereocenters. The maximum atomic E-state index is 13.1. The van der Waals surface area contributed by atoms with Crippen molar-refractivity contribution >= 4 is 21.8 Å². The van der Waals surface area contributed by atoms with Gasteiger partial charge in [-0.2, -0.15) is 4.31 Å². The molecule has 0 saturated carbocycles. The fourth-order valence-corrected chi connectivity index (χ4v) is 5.80. The summed E-state index contributed by atoms with van der Waals surface area (Å²) in [6.07, 6.45) is 1.47. The Morgan fingerprint density at radius 2 is 1.69 bits per heavy atom. The van der Waals surface area contributed by atoms with E-state index in [4.69, 9.17) is 4.74 Å². The molecule has 1 aromatic heterocycles. The standard InChI is InChI=1S/C24H27N3O3S2/c1-30-22-9-5-8-21(16-22)19-31-24-11-10-23(17-25-24)32(28,29)27-14-12-26(13-15-27)18-20-6-3-2-4-7-20/h2-11,16-17H,12-15,18-19H2,1H3. The van der Waals surface area contributed by atoms with Crippen molar-refractivity contribution in [1.29, 1.82) is 0 Å². The molecule has 0 bridgehead atoms. The predicted octanol–water partition coefficient (Wildman–Crippen LogP) is 3.89. The summed E-state index contributed by atoms with van der Waals surface area (Å²) in [7, 11) is -1.88. The zero-order chi connectivity index (χ0) is 22.4. The van der Waals surface area contributed by atoms with Crippen LogP contribution >= 0.6 is 11.8 Å². The molecule has 0 atom stereocenters. The van der Waals surface area contributed by atoms with Crippen LogP contribution in [0, 0.1) is 0 Å². The Bertz CT molecular complexity index is 1110. The number of rotatable bonds is 8. The lowest BCUT2D eigenvalue weighted by Crippen LogP contribution is -2.48. The first-order valence-corrected chi connectivity index (χ1v) is 13.0. The van der Waals surface area contributed by atoms with Gasteiger partial charge in [0.1, 0.15) is 10.6 Å². The molecule has 8 heteroatoms. The maximum Gasteiger partial charge on any atom is 0.244 e. The Morgan fingerprint density at radius 3 is 2.38 bits per heavy atom. The number of methoxy groups -OCH3 is 1. The lowest BCUT2D eigenvalue weighted by Gasteiger charge is -2.33. The van der Waals surface area contributed by atoms with E-state index in [1.54, 1.807) is 35.3 Å². The van der Waals surface area contributed by atoms with Crippen LogP contribution in [-0.2, 0) is 22.3 Å². The zero-order valence-electron chi connectivity index (χ0n) is 18.1. The van der Waals surface area contributed by atoms with E-state index >= 15 is 0 Å². The van der Waals surface area contributed by atoms with E-state index in [-0.39, 0.29) is 4.90 Å². The lowest BCUT2D eigenvalue weighted by atomic mass is 10.2. The van der Waals surface area contributed by atoms with Crippen LogP contribution in [0.15, 0.2) is 82.8 Å². The lowest BCUT2D eigenvalue weighted by molar-refractivity contribution is 0.181. The number of benzene rings is 2. The summed E-state index contributed by atoms with van der Waals surface area (Å²) >= 11 is 1.57. The van der Waals surface area contributed by atoms with Crippen molar-refractivity contribution in [2.75, 3.05) is 33.3 Å². The molecular weight excluding hydrogens is 442 g/mol. The number of piperazine rings is 1. The molecule has 0 N–H and O–H groups in total. The minimum absolute atomic E-state index is 0.250. The molecule has 1 fully saturated rings. The van der Waals surface area contributed by atoms with Crippen molar-refractivity contribution in [1.82, 2.24) is 14.2 Å². The Kier molecular flexibility index (Phi) is 7.47. The second-order valence-electron chi connectivity index (χ2n) is 7.64. The quantitative estimate of drug-likeness (QED) is 0.467. The molecular formula is C24H27N3O3S2. The van der Waals surface area contributed by atoms with E-state index in [0.29, 0.717) is 13.1 Å². The summed E-state index contributed by atoms with van der Waals surface area (Å²) in [4.78, 5) is 6.92. The van der Waals surface area contributed by atoms with Crippen molar-refractivity contribution in [3.63, 3.8) is 0 Å². The van der Waals surface area contributed by atoms with Crippen molar-refractivity contribution in [2.45, 2.75) is 22.2 Å². The van der Waals surface area contributed by atoms with Crippen LogP contribution in [0.2, 0.25) is 0 Å². The fourth-order valence-electron chi connectivity index (χ4n) is 3.64. The normalized spacial score (nSPS) is 15.5. The molecule has 6 nitrogen and oxygen atoms in total. The summed E-state index contributed by atoms with van der Waals surface area (Å²) in [5.74, 6) is 1.56. The summed E-state index contributed by atoms with van der Waals surface area (Å²) < 4.78 is 32.9. The number of thioether (sulfide) groups is 1. The average molecular weight is 470 g/mol. The summed E-state index contributed by atoms with van der Waals surface area (Å²) in [6.45, 7) is 3.25. The topological polar surface area (TPSA) is 62.7 Å². The van der Waals surface area contributed by atoms with E-state index < -0.39 is 10.0 Å². The van der Waals surface area contributed by atoms with Crippen molar-refractivity contribution < 1.29 is 13.2 Å². The molecule has 2 aromatic carbocycles. The van der Waals surface area contributed by atoms with Crippen molar-refractivity contribution in [2.24, 2.45) is 0 Å². The maximum absolute atomic E-state index is 13.1. The predicted molar refractivity (Wildman–Crippen MR) is 127 cm³/mol. The number of hydrogen-bond donors (Lipinski definition) is 0. The molecule has 0 aliphatic carbocycles. The molecule has 1 aliphatic rings. The minimum atomic E-state index is -3.53. The van der Waals surface area contributed by atoms with Gasteiger partial charge in [0.2, 0.25) is 10.0 Å².